The molecule has 7 fully saturated rings. The van der Waals surface area contributed by atoms with Gasteiger partial charge in [0.05, 0.1) is 127 Å². The van der Waals surface area contributed by atoms with Crippen molar-refractivity contribution in [1.82, 2.24) is 84.6 Å². The first kappa shape index (κ1) is 103. The van der Waals surface area contributed by atoms with Gasteiger partial charge in [0.15, 0.2) is 52.4 Å². The monoisotopic (exact) mass is 2020 g/mol. The van der Waals surface area contributed by atoms with E-state index in [2.05, 4.69) is 136 Å². The molecule has 10 aromatic heterocycles. The van der Waals surface area contributed by atoms with Gasteiger partial charge in [0.2, 0.25) is 5.95 Å². The van der Waals surface area contributed by atoms with Gasteiger partial charge in [-0.3, -0.25) is 9.36 Å². The van der Waals surface area contributed by atoms with Gasteiger partial charge in [-0.2, -0.15) is 31.8 Å². The van der Waals surface area contributed by atoms with Crippen molar-refractivity contribution in [2.75, 3.05) is 186 Å². The van der Waals surface area contributed by atoms with E-state index < -0.39 is 48.6 Å². The Labute approximate surface area is 817 Å². The topological polar surface area (TPSA) is 463 Å². The van der Waals surface area contributed by atoms with Crippen molar-refractivity contribution in [1.29, 1.82) is 0 Å². The summed E-state index contributed by atoms with van der Waals surface area (Å²) >= 11 is 12.3. The first-order chi connectivity index (χ1) is 65.4. The third kappa shape index (κ3) is 28.3. The molecule has 7 atom stereocenters. The molecular weight excluding hydrogens is 1900 g/mol. The van der Waals surface area contributed by atoms with Crippen molar-refractivity contribution in [3.63, 3.8) is 0 Å². The van der Waals surface area contributed by atoms with Crippen LogP contribution in [0.5, 0.6) is 0 Å². The number of morpholine rings is 5. The van der Waals surface area contributed by atoms with Crippen LogP contribution < -0.4 is 35.6 Å². The van der Waals surface area contributed by atoms with Crippen molar-refractivity contribution >= 4 is 153 Å². The summed E-state index contributed by atoms with van der Waals surface area (Å²) in [6, 6.07) is 31.9. The van der Waals surface area contributed by atoms with Crippen LogP contribution in [0, 0.1) is 27.7 Å². The number of hydrogen-bond acceptors (Lipinski definition) is 37. The average Bonchev–Trinajstić information content (AvgIpc) is 1.38. The van der Waals surface area contributed by atoms with E-state index in [1.807, 2.05) is 86.0 Å². The van der Waals surface area contributed by atoms with E-state index in [1.165, 1.54) is 0 Å². The molecule has 15 heterocycles. The fraction of sp³-hybridized carbons (Fsp3) is 0.478. The number of fused-ring (bicyclic) bond motifs is 1. The van der Waals surface area contributed by atoms with Crippen molar-refractivity contribution in [2.45, 2.75) is 129 Å². The highest BCUT2D eigenvalue weighted by Gasteiger charge is 2.34. The molecule has 1 aromatic carbocycles. The molecule has 2 aliphatic carbocycles. The number of halogens is 2. The zero-order valence-electron chi connectivity index (χ0n) is 80.9. The molecule has 39 nitrogen and oxygen atoms in total. The lowest BCUT2D eigenvalue weighted by Gasteiger charge is -2.34. The lowest BCUT2D eigenvalue weighted by atomic mass is 10.1. The Morgan fingerprint density at radius 1 is 0.391 bits per heavy atom. The molecule has 0 spiro atoms. The van der Waals surface area contributed by atoms with Crippen molar-refractivity contribution in [3.05, 3.63) is 148 Å². The minimum atomic E-state index is -2.41. The molecule has 46 heteroatoms. The van der Waals surface area contributed by atoms with Crippen LogP contribution in [0.3, 0.4) is 0 Å². The van der Waals surface area contributed by atoms with E-state index in [1.54, 1.807) is 113 Å². The van der Waals surface area contributed by atoms with Crippen LogP contribution in [0.15, 0.2) is 131 Å². The molecule has 7 aliphatic rings. The number of imidazole rings is 1. The van der Waals surface area contributed by atoms with E-state index >= 15 is 0 Å². The van der Waals surface area contributed by atoms with Crippen LogP contribution in [-0.4, -0.2) is 303 Å². The number of nitrogens with zero attached hydrogens (tertiary/aromatic N) is 26. The van der Waals surface area contributed by atoms with Crippen LogP contribution in [0.1, 0.15) is 93.6 Å². The maximum atomic E-state index is 12.9. The number of ether oxygens (including phenoxy) is 5. The standard InChI is InChI=1S/2C19H24ClN5O2S.C19H26N6O3S.C18H22N6O2S.C17H24N6O2S/c2*1-12-8-14(9-16(20)21-12)19-22-17(24-28(3,26)15-4-5-15)10-18(23-19)25-6-7-27-11-13(25)2;1-12-8-14(9-15(21-12)19(26)20-3)18-22-16(24-29(4,5)27)10-17(23-18)25-6-7-28-11-13(25)2;1-13-11-26-9-8-23(13)17-10-16(22-27(2,3)25)20-18(21-17)24-12-19-14-6-4-5-7-15(14)24;1-11-7-13(8-14(18)19-11)17-20-15(22-26(3,4)24)9-16(21-17)23-5-6-25-10-12(23)2/h2*8-10,13,15H,4-7,11H2,1-3H3;8-10,13H,6-7,11H2,1-5H3,(H,20,26);4-7,10,12-13H,8-9,11H2,1-3H3;7-9,12H,5-6,10H2,1-4H3,(H2,18,19)/t13-,28?;13-,28+;2*13-;12-/m11111/s1. The second-order valence-electron chi connectivity index (χ2n) is 35.9. The second-order valence-corrected chi connectivity index (χ2v) is 49.4. The van der Waals surface area contributed by atoms with Gasteiger partial charge in [-0.05, 0) is 149 Å². The normalized spacial score (nSPS) is 19.4. The van der Waals surface area contributed by atoms with Gasteiger partial charge in [-0.1, -0.05) is 35.3 Å². The van der Waals surface area contributed by atoms with Crippen LogP contribution >= 0.6 is 23.2 Å². The molecule has 2 saturated carbocycles. The number of amides is 1. The fourth-order valence-corrected chi connectivity index (χ4v) is 21.1. The van der Waals surface area contributed by atoms with E-state index in [-0.39, 0.29) is 52.3 Å². The fourth-order valence-electron chi connectivity index (χ4n) is 15.7. The number of nitrogen functional groups attached to an aromatic ring is 1. The van der Waals surface area contributed by atoms with E-state index in [0.717, 1.165) is 120 Å². The predicted octanol–water partition coefficient (Wildman–Crippen LogP) is 13.4. The Balaban J connectivity index is 0.000000138. The number of aromatic nitrogens is 16. The Bertz CT molecular complexity index is 6790. The van der Waals surface area contributed by atoms with E-state index in [0.29, 0.717) is 164 Å². The summed E-state index contributed by atoms with van der Waals surface area (Å²) in [5.74, 6) is 8.21. The number of pyridine rings is 4. The summed E-state index contributed by atoms with van der Waals surface area (Å²) in [5.41, 5.74) is 13.9. The molecule has 1 unspecified atom stereocenters. The average molecular weight is 2030 g/mol. The van der Waals surface area contributed by atoms with Crippen LogP contribution in [0.4, 0.5) is 64.0 Å². The van der Waals surface area contributed by atoms with Crippen LogP contribution in [0.25, 0.3) is 62.5 Å². The number of carbonyl (C=O) groups excluding carboxylic acids is 1. The Hall–Kier alpha value is -10.9. The Morgan fingerprint density at radius 3 is 1.03 bits per heavy atom. The summed E-state index contributed by atoms with van der Waals surface area (Å²) in [7, 11) is -10.2. The molecule has 3 N–H and O–H groups in total. The molecule has 5 aliphatic heterocycles. The quantitative estimate of drug-likeness (QED) is 0.0753. The number of carbonyl (C=O) groups is 1. The predicted molar refractivity (Wildman–Crippen MR) is 547 cm³/mol. The van der Waals surface area contributed by atoms with Crippen LogP contribution in [0.2, 0.25) is 10.3 Å². The van der Waals surface area contributed by atoms with Gasteiger partial charge >= 0.3 is 0 Å². The van der Waals surface area contributed by atoms with Gasteiger partial charge in [-0.25, -0.2) is 85.8 Å². The molecule has 1 amide bonds. The maximum absolute atomic E-state index is 12.9. The largest absolute Gasteiger partial charge is 0.384 e. The number of rotatable bonds is 18. The van der Waals surface area contributed by atoms with Gasteiger partial charge < -0.3 is 59.2 Å². The third-order valence-electron chi connectivity index (χ3n) is 22.5. The van der Waals surface area contributed by atoms with Gasteiger partial charge in [0, 0.05) is 205 Å². The molecule has 0 bridgehead atoms. The van der Waals surface area contributed by atoms with Gasteiger partial charge in [0.25, 0.3) is 5.91 Å². The molecule has 0 radical (unpaired) electrons. The zero-order valence-corrected chi connectivity index (χ0v) is 86.5. The minimum Gasteiger partial charge on any atom is -0.384 e. The van der Waals surface area contributed by atoms with Crippen LogP contribution in [-0.2, 0) is 72.3 Å². The second kappa shape index (κ2) is 44.3. The lowest BCUT2D eigenvalue weighted by Crippen LogP contribution is -2.44. The molecule has 138 heavy (non-hydrogen) atoms. The zero-order chi connectivity index (χ0) is 98.9. The Kier molecular flexibility index (Phi) is 33.0. The van der Waals surface area contributed by atoms with Crippen molar-refractivity contribution in [2.24, 2.45) is 21.8 Å². The first-order valence-corrected chi connectivity index (χ1v) is 56.9. The minimum absolute atomic E-state index is 0.132. The van der Waals surface area contributed by atoms with Crippen molar-refractivity contribution < 1.29 is 49.5 Å². The highest BCUT2D eigenvalue weighted by atomic mass is 35.5. The number of nitrogens with one attached hydrogen (secondary N) is 1. The molecule has 18 rings (SSSR count). The third-order valence-corrected chi connectivity index (χ3v) is 29.3. The summed E-state index contributed by atoms with van der Waals surface area (Å²) in [6.07, 6.45) is 18.5. The summed E-state index contributed by atoms with van der Waals surface area (Å²) in [5, 5.41) is 3.68. The summed E-state index contributed by atoms with van der Waals surface area (Å²) in [4.78, 5) is 90.6. The lowest BCUT2D eigenvalue weighted by molar-refractivity contribution is 0.0957. The summed E-state index contributed by atoms with van der Waals surface area (Å²) in [6.45, 7) is 27.7. The Morgan fingerprint density at radius 2 is 0.703 bits per heavy atom. The number of para-hydroxylation sites is 2. The summed E-state index contributed by atoms with van der Waals surface area (Å²) < 4.78 is 114. The number of benzene rings is 1. The molecular formula is C92H120Cl2N28O11S5. The van der Waals surface area contributed by atoms with E-state index in [4.69, 9.17) is 77.5 Å². The first-order valence-electron chi connectivity index (χ1n) is 45.2. The number of anilines is 6. The highest BCUT2D eigenvalue weighted by Crippen LogP contribution is 2.38. The smallest absolute Gasteiger partial charge is 0.269 e. The maximum Gasteiger partial charge on any atom is 0.269 e. The molecule has 738 valence electrons. The van der Waals surface area contributed by atoms with Gasteiger partial charge in [0.1, 0.15) is 57.2 Å². The number of nitrogens with two attached hydrogens (primary N) is 1. The highest BCUT2D eigenvalue weighted by molar-refractivity contribution is 7.94. The molecule has 5 saturated heterocycles. The van der Waals surface area contributed by atoms with E-state index in [9.17, 15) is 25.8 Å². The SMILES string of the molecule is CNC(=O)c1cc(-c2nc(N=S(C)(C)=O)cc(N3CCOC[C@H]3C)n2)cc(C)n1.C[C@@H]1COCCN1c1cc(N=S(C)(C)=O)nc(-n2cnc3ccccc32)n1.Cc1cc(-c2nc(N=S(C)(=O)C3CC3)cc(N3CCOC[C@H]3C)n2)cc(Cl)n1.Cc1cc(-c2nc(N=S(C)(C)=O)cc(N3CCOC[C@H]3C)n2)cc(N)n1.Cc1cc(-c2nc(N=[S@@](C)(=O)C3CC3)cc(N3CCOC[C@H]3C)n2)cc(Cl)n1. The van der Waals surface area contributed by atoms with Crippen molar-refractivity contribution in [3.8, 4) is 51.5 Å². The number of hydrogen-bond donors (Lipinski definition) is 2. The molecule has 11 aromatic rings. The number of aryl methyl sites for hydroxylation is 4. The van der Waals surface area contributed by atoms with Gasteiger partial charge in [-0.15, -0.1) is 0 Å².